The van der Waals surface area contributed by atoms with E-state index in [1.165, 1.54) is 11.3 Å². The van der Waals surface area contributed by atoms with Gasteiger partial charge in [0.15, 0.2) is 6.61 Å². The van der Waals surface area contributed by atoms with Crippen LogP contribution in [0.5, 0.6) is 5.75 Å². The first-order valence-electron chi connectivity index (χ1n) is 9.77. The number of ether oxygens (including phenoxy) is 2. The van der Waals surface area contributed by atoms with Crippen molar-refractivity contribution >= 4 is 28.2 Å². The number of nitrogens with one attached hydrogen (secondary N) is 1. The number of rotatable bonds is 7. The molecule has 0 spiro atoms. The van der Waals surface area contributed by atoms with Crippen LogP contribution in [0.3, 0.4) is 0 Å². The molecule has 1 aromatic heterocycles. The Bertz CT molecular complexity index is 1060. The Morgan fingerprint density at radius 2 is 1.73 bits per heavy atom. The molecule has 0 aliphatic rings. The molecule has 2 aromatic carbocycles. The maximum atomic E-state index is 12.7. The number of carbonyl (C=O) groups excluding carboxylic acids is 2. The number of esters is 1. The van der Waals surface area contributed by atoms with Gasteiger partial charge in [0, 0.05) is 10.4 Å². The van der Waals surface area contributed by atoms with E-state index >= 15 is 0 Å². The summed E-state index contributed by atoms with van der Waals surface area (Å²) in [5, 5.41) is 3.31. The summed E-state index contributed by atoms with van der Waals surface area (Å²) in [6.07, 6.45) is 0. The van der Waals surface area contributed by atoms with Crippen LogP contribution in [0, 0.1) is 20.8 Å². The van der Waals surface area contributed by atoms with Gasteiger partial charge in [-0.3, -0.25) is 4.79 Å². The van der Waals surface area contributed by atoms with E-state index in [0.717, 1.165) is 27.1 Å². The third-order valence-corrected chi connectivity index (χ3v) is 5.81. The van der Waals surface area contributed by atoms with Crippen LogP contribution in [-0.2, 0) is 9.53 Å². The number of benzene rings is 2. The molecule has 3 aromatic rings. The van der Waals surface area contributed by atoms with Crippen LogP contribution >= 0.6 is 11.3 Å². The summed E-state index contributed by atoms with van der Waals surface area (Å²) in [6.45, 7) is 7.74. The fraction of sp³-hybridized carbons (Fsp3) is 0.250. The normalized spacial score (nSPS) is 10.5. The van der Waals surface area contributed by atoms with Gasteiger partial charge < -0.3 is 14.8 Å². The highest BCUT2D eigenvalue weighted by atomic mass is 32.1. The molecule has 6 heteroatoms. The van der Waals surface area contributed by atoms with E-state index < -0.39 is 5.97 Å². The summed E-state index contributed by atoms with van der Waals surface area (Å²) < 4.78 is 11.0. The first-order chi connectivity index (χ1) is 14.4. The van der Waals surface area contributed by atoms with Gasteiger partial charge in [0.2, 0.25) is 0 Å². The van der Waals surface area contributed by atoms with E-state index in [4.69, 9.17) is 9.47 Å². The Morgan fingerprint density at radius 1 is 1.00 bits per heavy atom. The summed E-state index contributed by atoms with van der Waals surface area (Å²) in [4.78, 5) is 26.2. The summed E-state index contributed by atoms with van der Waals surface area (Å²) in [5.41, 5.74) is 4.16. The summed E-state index contributed by atoms with van der Waals surface area (Å²) in [7, 11) is 0. The molecule has 0 saturated carbocycles. The molecular formula is C24H25NO4S. The van der Waals surface area contributed by atoms with Crippen LogP contribution in [-0.4, -0.2) is 25.1 Å². The van der Waals surface area contributed by atoms with Crippen molar-refractivity contribution in [2.45, 2.75) is 27.7 Å². The van der Waals surface area contributed by atoms with Crippen molar-refractivity contribution in [3.05, 3.63) is 70.1 Å². The molecule has 0 fully saturated rings. The van der Waals surface area contributed by atoms with Crippen LogP contribution in [0.2, 0.25) is 0 Å². The van der Waals surface area contributed by atoms with Crippen molar-refractivity contribution in [1.82, 2.24) is 0 Å². The number of aryl methyl sites for hydroxylation is 2. The van der Waals surface area contributed by atoms with Gasteiger partial charge in [-0.15, -0.1) is 11.3 Å². The molecule has 0 saturated heterocycles. The molecule has 30 heavy (non-hydrogen) atoms. The summed E-state index contributed by atoms with van der Waals surface area (Å²) in [5.74, 6) is -0.114. The van der Waals surface area contributed by atoms with Gasteiger partial charge in [0.25, 0.3) is 5.91 Å². The Labute approximate surface area is 180 Å². The molecule has 1 heterocycles. The molecular weight excluding hydrogens is 398 g/mol. The third kappa shape index (κ3) is 4.71. The van der Waals surface area contributed by atoms with Crippen molar-refractivity contribution in [3.8, 4) is 16.9 Å². The van der Waals surface area contributed by atoms with Crippen LogP contribution in [0.15, 0.2) is 48.5 Å². The van der Waals surface area contributed by atoms with Crippen molar-refractivity contribution in [1.29, 1.82) is 0 Å². The zero-order chi connectivity index (χ0) is 21.7. The maximum Gasteiger partial charge on any atom is 0.341 e. The molecule has 0 unspecified atom stereocenters. The molecule has 0 bridgehead atoms. The van der Waals surface area contributed by atoms with Gasteiger partial charge in [0.05, 0.1) is 6.61 Å². The number of amides is 1. The predicted octanol–water partition coefficient (Wildman–Crippen LogP) is 5.53. The Kier molecular flexibility index (Phi) is 6.90. The molecule has 5 nitrogen and oxygen atoms in total. The minimum absolute atomic E-state index is 0.149. The Morgan fingerprint density at radius 3 is 2.43 bits per heavy atom. The van der Waals surface area contributed by atoms with E-state index in [1.54, 1.807) is 6.92 Å². The highest BCUT2D eigenvalue weighted by molar-refractivity contribution is 7.17. The molecule has 1 N–H and O–H groups in total. The fourth-order valence-corrected chi connectivity index (χ4v) is 4.25. The Balaban J connectivity index is 1.85. The Hall–Kier alpha value is -3.12. The van der Waals surface area contributed by atoms with E-state index in [2.05, 4.69) is 5.32 Å². The first-order valence-corrected chi connectivity index (χ1v) is 10.6. The summed E-state index contributed by atoms with van der Waals surface area (Å²) >= 11 is 1.36. The van der Waals surface area contributed by atoms with Gasteiger partial charge >= 0.3 is 5.97 Å². The highest BCUT2D eigenvalue weighted by Gasteiger charge is 2.25. The van der Waals surface area contributed by atoms with Crippen LogP contribution in [0.4, 0.5) is 5.00 Å². The first kappa shape index (κ1) is 21.6. The number of hydrogen-bond acceptors (Lipinski definition) is 5. The number of thiophene rings is 1. The lowest BCUT2D eigenvalue weighted by Crippen LogP contribution is -2.21. The van der Waals surface area contributed by atoms with Gasteiger partial charge in [0.1, 0.15) is 16.3 Å². The van der Waals surface area contributed by atoms with Crippen LogP contribution in [0.1, 0.15) is 33.3 Å². The molecule has 0 aliphatic carbocycles. The second-order valence-corrected chi connectivity index (χ2v) is 8.08. The van der Waals surface area contributed by atoms with E-state index in [9.17, 15) is 9.59 Å². The van der Waals surface area contributed by atoms with Gasteiger partial charge in [-0.2, -0.15) is 0 Å². The van der Waals surface area contributed by atoms with Crippen molar-refractivity contribution < 1.29 is 19.1 Å². The minimum Gasteiger partial charge on any atom is -0.483 e. The quantitative estimate of drug-likeness (QED) is 0.507. The lowest BCUT2D eigenvalue weighted by atomic mass is 10.0. The number of hydrogen-bond donors (Lipinski definition) is 1. The minimum atomic E-state index is -0.452. The highest BCUT2D eigenvalue weighted by Crippen LogP contribution is 2.40. The molecule has 3 rings (SSSR count). The topological polar surface area (TPSA) is 64.6 Å². The van der Waals surface area contributed by atoms with Gasteiger partial charge in [-0.1, -0.05) is 42.5 Å². The van der Waals surface area contributed by atoms with Crippen molar-refractivity contribution in [2.24, 2.45) is 0 Å². The number of carbonyl (C=O) groups is 2. The van der Waals surface area contributed by atoms with Gasteiger partial charge in [-0.25, -0.2) is 4.79 Å². The fourth-order valence-electron chi connectivity index (χ4n) is 3.17. The van der Waals surface area contributed by atoms with Crippen LogP contribution < -0.4 is 10.1 Å². The molecule has 1 amide bonds. The lowest BCUT2D eigenvalue weighted by molar-refractivity contribution is -0.118. The average Bonchev–Trinajstić information content (AvgIpc) is 3.05. The van der Waals surface area contributed by atoms with Crippen LogP contribution in [0.25, 0.3) is 11.1 Å². The standard InChI is InChI=1S/C24H25NO4S/c1-5-28-24(27)22-21(18-11-7-6-8-12-18)17(4)30-23(22)25-20(26)14-29-19-13-9-10-15(2)16(19)3/h6-13H,5,14H2,1-4H3,(H,25,26). The monoisotopic (exact) mass is 423 g/mol. The van der Waals surface area contributed by atoms with E-state index in [0.29, 0.717) is 16.3 Å². The smallest absolute Gasteiger partial charge is 0.341 e. The molecule has 0 aliphatic heterocycles. The van der Waals surface area contributed by atoms with Crippen molar-refractivity contribution in [2.75, 3.05) is 18.5 Å². The lowest BCUT2D eigenvalue weighted by Gasteiger charge is -2.11. The number of anilines is 1. The summed E-state index contributed by atoms with van der Waals surface area (Å²) in [6, 6.07) is 15.3. The van der Waals surface area contributed by atoms with E-state index in [-0.39, 0.29) is 19.1 Å². The maximum absolute atomic E-state index is 12.7. The second kappa shape index (κ2) is 9.59. The third-order valence-electron chi connectivity index (χ3n) is 4.79. The van der Waals surface area contributed by atoms with E-state index in [1.807, 2.05) is 69.3 Å². The largest absolute Gasteiger partial charge is 0.483 e. The second-order valence-electron chi connectivity index (χ2n) is 6.86. The zero-order valence-electron chi connectivity index (χ0n) is 17.6. The zero-order valence-corrected chi connectivity index (χ0v) is 18.4. The average molecular weight is 424 g/mol. The predicted molar refractivity (Wildman–Crippen MR) is 120 cm³/mol. The molecule has 0 radical (unpaired) electrons. The molecule has 156 valence electrons. The van der Waals surface area contributed by atoms with Crippen molar-refractivity contribution in [3.63, 3.8) is 0 Å². The molecule has 0 atom stereocenters. The van der Waals surface area contributed by atoms with Gasteiger partial charge in [-0.05, 0) is 50.5 Å². The SMILES string of the molecule is CCOC(=O)c1c(NC(=O)COc2cccc(C)c2C)sc(C)c1-c1ccccc1.